The predicted molar refractivity (Wildman–Crippen MR) is 90.4 cm³/mol. The number of carbonyl (C=O) groups is 2. The van der Waals surface area contributed by atoms with Crippen LogP contribution < -0.4 is 10.6 Å². The lowest BCUT2D eigenvalue weighted by atomic mass is 9.84. The largest absolute Gasteiger partial charge is 0.468 e. The van der Waals surface area contributed by atoms with Crippen molar-refractivity contribution in [3.8, 4) is 0 Å². The number of alkyl carbamates (subject to hydrolysis) is 1. The summed E-state index contributed by atoms with van der Waals surface area (Å²) >= 11 is 0. The highest BCUT2D eigenvalue weighted by Crippen LogP contribution is 2.24. The molecule has 0 spiro atoms. The van der Waals surface area contributed by atoms with Crippen molar-refractivity contribution in [1.29, 1.82) is 0 Å². The van der Waals surface area contributed by atoms with Gasteiger partial charge in [0.05, 0.1) is 13.7 Å². The quantitative estimate of drug-likeness (QED) is 0.748. The van der Waals surface area contributed by atoms with Crippen molar-refractivity contribution in [3.63, 3.8) is 0 Å². The maximum atomic E-state index is 12.0. The Labute approximate surface area is 142 Å². The highest BCUT2D eigenvalue weighted by atomic mass is 16.5. The molecular formula is C18H26N2O4. The number of hydrogen-bond acceptors (Lipinski definition) is 5. The molecule has 1 aliphatic rings. The van der Waals surface area contributed by atoms with Crippen molar-refractivity contribution in [3.05, 3.63) is 35.9 Å². The van der Waals surface area contributed by atoms with Gasteiger partial charge in [0.1, 0.15) is 6.61 Å². The predicted octanol–water partition coefficient (Wildman–Crippen LogP) is 2.23. The molecular weight excluding hydrogens is 308 g/mol. The fourth-order valence-corrected chi connectivity index (χ4v) is 2.99. The lowest BCUT2D eigenvalue weighted by Gasteiger charge is -2.32. The lowest BCUT2D eigenvalue weighted by Crippen LogP contribution is -2.46. The van der Waals surface area contributed by atoms with Crippen molar-refractivity contribution in [1.82, 2.24) is 10.6 Å². The summed E-state index contributed by atoms with van der Waals surface area (Å²) in [5.74, 6) is 0.0188. The van der Waals surface area contributed by atoms with Crippen molar-refractivity contribution in [2.45, 2.75) is 38.3 Å². The van der Waals surface area contributed by atoms with Crippen LogP contribution in [0.1, 0.15) is 31.2 Å². The molecule has 0 bridgehead atoms. The second-order valence-electron chi connectivity index (χ2n) is 6.06. The Bertz CT molecular complexity index is 521. The molecule has 1 saturated carbocycles. The van der Waals surface area contributed by atoms with Gasteiger partial charge in [0, 0.05) is 12.6 Å². The average Bonchev–Trinajstić information content (AvgIpc) is 2.62. The molecule has 2 rings (SSSR count). The summed E-state index contributed by atoms with van der Waals surface area (Å²) in [6.07, 6.45) is 3.81. The molecule has 0 aliphatic heterocycles. The van der Waals surface area contributed by atoms with Crippen LogP contribution >= 0.6 is 0 Å². The van der Waals surface area contributed by atoms with E-state index in [1.165, 1.54) is 7.11 Å². The van der Waals surface area contributed by atoms with Crippen LogP contribution in [0.5, 0.6) is 0 Å². The van der Waals surface area contributed by atoms with Gasteiger partial charge in [-0.05, 0) is 24.3 Å². The molecule has 2 unspecified atom stereocenters. The molecule has 2 N–H and O–H groups in total. The van der Waals surface area contributed by atoms with E-state index in [2.05, 4.69) is 15.4 Å². The first-order valence-electron chi connectivity index (χ1n) is 8.44. The van der Waals surface area contributed by atoms with Crippen LogP contribution in [0.3, 0.4) is 0 Å². The van der Waals surface area contributed by atoms with Gasteiger partial charge in [-0.3, -0.25) is 4.79 Å². The molecule has 24 heavy (non-hydrogen) atoms. The number of amides is 1. The van der Waals surface area contributed by atoms with Gasteiger partial charge in [-0.2, -0.15) is 0 Å². The summed E-state index contributed by atoms with van der Waals surface area (Å²) in [6.45, 7) is 1.14. The number of nitrogens with one attached hydrogen (secondary N) is 2. The van der Waals surface area contributed by atoms with Crippen LogP contribution in [-0.4, -0.2) is 38.3 Å². The molecule has 6 heteroatoms. The van der Waals surface area contributed by atoms with E-state index in [-0.39, 0.29) is 31.3 Å². The molecule has 0 radical (unpaired) electrons. The van der Waals surface area contributed by atoms with Crippen LogP contribution in [0.25, 0.3) is 0 Å². The molecule has 1 aromatic rings. The number of benzene rings is 1. The SMILES string of the molecule is COC(=O)CNCC1CCCCC1NC(=O)OCc1ccccc1. The molecule has 1 aromatic carbocycles. The normalized spacial score (nSPS) is 20.2. The van der Waals surface area contributed by atoms with Gasteiger partial charge in [0.15, 0.2) is 0 Å². The third kappa shape index (κ3) is 6.20. The van der Waals surface area contributed by atoms with Crippen molar-refractivity contribution in [2.75, 3.05) is 20.2 Å². The Morgan fingerprint density at radius 3 is 2.67 bits per heavy atom. The lowest BCUT2D eigenvalue weighted by molar-refractivity contribution is -0.139. The molecule has 1 aliphatic carbocycles. The number of rotatable bonds is 7. The minimum atomic E-state index is -0.385. The molecule has 132 valence electrons. The van der Waals surface area contributed by atoms with E-state index in [4.69, 9.17) is 4.74 Å². The van der Waals surface area contributed by atoms with Crippen LogP contribution in [0.4, 0.5) is 4.79 Å². The van der Waals surface area contributed by atoms with Crippen LogP contribution in [0.15, 0.2) is 30.3 Å². The zero-order chi connectivity index (χ0) is 17.2. The summed E-state index contributed by atoms with van der Waals surface area (Å²) < 4.78 is 9.91. The van der Waals surface area contributed by atoms with Gasteiger partial charge in [0.2, 0.25) is 0 Å². The molecule has 6 nitrogen and oxygen atoms in total. The summed E-state index contributed by atoms with van der Waals surface area (Å²) in [7, 11) is 1.37. The Morgan fingerprint density at radius 2 is 1.92 bits per heavy atom. The maximum absolute atomic E-state index is 12.0. The van der Waals surface area contributed by atoms with E-state index in [9.17, 15) is 9.59 Å². The Balaban J connectivity index is 1.75. The molecule has 1 amide bonds. The highest BCUT2D eigenvalue weighted by Gasteiger charge is 2.26. The van der Waals surface area contributed by atoms with Crippen LogP contribution in [0.2, 0.25) is 0 Å². The smallest absolute Gasteiger partial charge is 0.407 e. The third-order valence-corrected chi connectivity index (χ3v) is 4.33. The van der Waals surface area contributed by atoms with Crippen molar-refractivity contribution >= 4 is 12.1 Å². The van der Waals surface area contributed by atoms with Crippen LogP contribution in [0, 0.1) is 5.92 Å². The summed E-state index contributed by atoms with van der Waals surface area (Å²) in [6, 6.07) is 9.69. The zero-order valence-corrected chi connectivity index (χ0v) is 14.1. The average molecular weight is 334 g/mol. The Hall–Kier alpha value is -2.08. The summed E-state index contributed by atoms with van der Waals surface area (Å²) in [5, 5.41) is 6.07. The number of methoxy groups -OCH3 is 1. The first kappa shape index (κ1) is 18.3. The van der Waals surface area contributed by atoms with E-state index < -0.39 is 0 Å². The van der Waals surface area contributed by atoms with E-state index in [1.807, 2.05) is 30.3 Å². The van der Waals surface area contributed by atoms with Crippen molar-refractivity contribution in [2.24, 2.45) is 5.92 Å². The van der Waals surface area contributed by atoms with Gasteiger partial charge in [-0.1, -0.05) is 43.2 Å². The van der Waals surface area contributed by atoms with Crippen molar-refractivity contribution < 1.29 is 19.1 Å². The Morgan fingerprint density at radius 1 is 1.17 bits per heavy atom. The highest BCUT2D eigenvalue weighted by molar-refractivity contribution is 5.71. The Kier molecular flexibility index (Phi) is 7.55. The second-order valence-corrected chi connectivity index (χ2v) is 6.06. The number of hydrogen-bond donors (Lipinski definition) is 2. The summed E-state index contributed by atoms with van der Waals surface area (Å²) in [4.78, 5) is 23.2. The van der Waals surface area contributed by atoms with E-state index >= 15 is 0 Å². The molecule has 0 saturated heterocycles. The number of esters is 1. The monoisotopic (exact) mass is 334 g/mol. The fourth-order valence-electron chi connectivity index (χ4n) is 2.99. The zero-order valence-electron chi connectivity index (χ0n) is 14.1. The maximum Gasteiger partial charge on any atom is 0.407 e. The molecule has 0 aromatic heterocycles. The van der Waals surface area contributed by atoms with Crippen LogP contribution in [-0.2, 0) is 20.9 Å². The number of ether oxygens (including phenoxy) is 2. The second kappa shape index (κ2) is 9.93. The van der Waals surface area contributed by atoms with Gasteiger partial charge in [-0.25, -0.2) is 4.79 Å². The number of carbonyl (C=O) groups excluding carboxylic acids is 2. The molecule has 2 atom stereocenters. The van der Waals surface area contributed by atoms with E-state index in [1.54, 1.807) is 0 Å². The standard InChI is InChI=1S/C18H26N2O4/c1-23-17(21)12-19-11-15-9-5-6-10-16(15)20-18(22)24-13-14-7-3-2-4-8-14/h2-4,7-8,15-16,19H,5-6,9-13H2,1H3,(H,20,22). The first-order chi connectivity index (χ1) is 11.7. The van der Waals surface area contributed by atoms with E-state index in [0.717, 1.165) is 31.2 Å². The third-order valence-electron chi connectivity index (χ3n) is 4.33. The first-order valence-corrected chi connectivity index (χ1v) is 8.44. The minimum Gasteiger partial charge on any atom is -0.468 e. The minimum absolute atomic E-state index is 0.0761. The molecule has 0 heterocycles. The van der Waals surface area contributed by atoms with E-state index in [0.29, 0.717) is 12.5 Å². The summed E-state index contributed by atoms with van der Waals surface area (Å²) in [5.41, 5.74) is 0.965. The fraction of sp³-hybridized carbons (Fsp3) is 0.556. The van der Waals surface area contributed by atoms with Gasteiger partial charge >= 0.3 is 12.1 Å². The van der Waals surface area contributed by atoms with Gasteiger partial charge in [0.25, 0.3) is 0 Å². The topological polar surface area (TPSA) is 76.7 Å². The molecule has 1 fully saturated rings. The van der Waals surface area contributed by atoms with Gasteiger partial charge < -0.3 is 20.1 Å². The van der Waals surface area contributed by atoms with Gasteiger partial charge in [-0.15, -0.1) is 0 Å².